The van der Waals surface area contributed by atoms with Crippen LogP contribution in [0.25, 0.3) is 0 Å². The van der Waals surface area contributed by atoms with Gasteiger partial charge < -0.3 is 28.7 Å². The number of benzene rings is 2. The molecule has 2 aliphatic heterocycles. The number of nitrogens with zero attached hydrogens (tertiary/aromatic N) is 1. The number of anilines is 1. The Morgan fingerprint density at radius 2 is 1.71 bits per heavy atom. The number of hydrogen-bond donors (Lipinski definition) is 1. The molecule has 6 heteroatoms. The highest BCUT2D eigenvalue weighted by Gasteiger charge is 2.19. The molecule has 0 unspecified atom stereocenters. The molecule has 2 aromatic rings. The van der Waals surface area contributed by atoms with Crippen LogP contribution in [-0.2, 0) is 0 Å². The lowest BCUT2D eigenvalue weighted by atomic mass is 10.2. The van der Waals surface area contributed by atoms with Gasteiger partial charge in [0.2, 0.25) is 6.79 Å². The minimum Gasteiger partial charge on any atom is -0.497 e. The Morgan fingerprint density at radius 3 is 2.50 bits per heavy atom. The molecule has 0 spiro atoms. The first-order valence-electron chi connectivity index (χ1n) is 9.52. The Labute approximate surface area is 165 Å². The smallest absolute Gasteiger partial charge is 0.231 e. The average molecular weight is 381 g/mol. The van der Waals surface area contributed by atoms with E-state index < -0.39 is 0 Å². The maximum absolute atomic E-state index is 5.68. The van der Waals surface area contributed by atoms with Crippen molar-refractivity contribution in [3.05, 3.63) is 42.5 Å². The van der Waals surface area contributed by atoms with Crippen molar-refractivity contribution >= 4 is 5.69 Å². The number of hydrogen-bond acceptors (Lipinski definition) is 5. The van der Waals surface area contributed by atoms with Gasteiger partial charge >= 0.3 is 0 Å². The number of quaternary nitrogens is 1. The quantitative estimate of drug-likeness (QED) is 0.789. The Balaban J connectivity index is 1.18. The number of fused-ring (bicyclic) bond motifs is 1. The molecule has 1 fully saturated rings. The second kappa shape index (κ2) is 8.77. The van der Waals surface area contributed by atoms with Gasteiger partial charge in [0, 0.05) is 11.8 Å². The Hall–Kier alpha value is -3.04. The fourth-order valence-electron chi connectivity index (χ4n) is 3.38. The van der Waals surface area contributed by atoms with Gasteiger partial charge in [-0.1, -0.05) is 5.92 Å². The maximum atomic E-state index is 5.68. The minimum atomic E-state index is 0.271. The van der Waals surface area contributed by atoms with Gasteiger partial charge in [0.05, 0.1) is 33.3 Å². The first kappa shape index (κ1) is 18.3. The Bertz CT molecular complexity index is 849. The third-order valence-corrected chi connectivity index (χ3v) is 5.03. The van der Waals surface area contributed by atoms with Crippen LogP contribution >= 0.6 is 0 Å². The SMILES string of the molecule is COc1ccc(N2CC[NH+](CC#CCOc3ccc4c(c3)OCO4)CC2)cc1. The van der Waals surface area contributed by atoms with Crippen LogP contribution in [0.4, 0.5) is 5.69 Å². The van der Waals surface area contributed by atoms with Gasteiger partial charge in [-0.15, -0.1) is 0 Å². The maximum Gasteiger partial charge on any atom is 0.231 e. The van der Waals surface area contributed by atoms with Crippen LogP contribution in [0, 0.1) is 11.8 Å². The number of piperazine rings is 1. The zero-order chi connectivity index (χ0) is 19.2. The van der Waals surface area contributed by atoms with Gasteiger partial charge in [-0.25, -0.2) is 0 Å². The predicted molar refractivity (Wildman–Crippen MR) is 107 cm³/mol. The molecule has 6 nitrogen and oxygen atoms in total. The normalized spacial score (nSPS) is 15.7. The van der Waals surface area contributed by atoms with Crippen LogP contribution in [0.5, 0.6) is 23.0 Å². The average Bonchev–Trinajstić information content (AvgIpc) is 3.22. The second-order valence-electron chi connectivity index (χ2n) is 6.77. The van der Waals surface area contributed by atoms with Gasteiger partial charge in [-0.2, -0.15) is 0 Å². The van der Waals surface area contributed by atoms with Crippen LogP contribution in [0.15, 0.2) is 42.5 Å². The number of ether oxygens (including phenoxy) is 4. The third-order valence-electron chi connectivity index (χ3n) is 5.03. The zero-order valence-corrected chi connectivity index (χ0v) is 16.1. The number of methoxy groups -OCH3 is 1. The van der Waals surface area contributed by atoms with Crippen molar-refractivity contribution in [2.24, 2.45) is 0 Å². The molecule has 0 aromatic heterocycles. The minimum absolute atomic E-state index is 0.271. The molecule has 0 radical (unpaired) electrons. The van der Waals surface area contributed by atoms with E-state index in [1.807, 2.05) is 30.3 Å². The summed E-state index contributed by atoms with van der Waals surface area (Å²) in [5.41, 5.74) is 1.25. The van der Waals surface area contributed by atoms with Crippen molar-refractivity contribution < 1.29 is 23.8 Å². The third kappa shape index (κ3) is 4.44. The van der Waals surface area contributed by atoms with Gasteiger partial charge in [0.25, 0.3) is 0 Å². The van der Waals surface area contributed by atoms with Crippen molar-refractivity contribution in [1.29, 1.82) is 0 Å². The molecule has 2 heterocycles. The molecule has 1 N–H and O–H groups in total. The molecule has 2 aromatic carbocycles. The van der Waals surface area contributed by atoms with E-state index in [-0.39, 0.29) is 6.79 Å². The number of nitrogens with one attached hydrogen (secondary N) is 1. The van der Waals surface area contributed by atoms with Crippen molar-refractivity contribution in [3.8, 4) is 34.8 Å². The summed E-state index contributed by atoms with van der Waals surface area (Å²) in [6.07, 6.45) is 0. The fourth-order valence-corrected chi connectivity index (χ4v) is 3.38. The second-order valence-corrected chi connectivity index (χ2v) is 6.77. The molecule has 2 aliphatic rings. The number of rotatable bonds is 5. The van der Waals surface area contributed by atoms with Crippen molar-refractivity contribution in [2.75, 3.05) is 58.1 Å². The lowest BCUT2D eigenvalue weighted by Crippen LogP contribution is -3.14. The van der Waals surface area contributed by atoms with E-state index in [2.05, 4.69) is 28.9 Å². The Morgan fingerprint density at radius 1 is 0.964 bits per heavy atom. The Kier molecular flexibility index (Phi) is 5.74. The molecule has 1 saturated heterocycles. The molecule has 28 heavy (non-hydrogen) atoms. The van der Waals surface area contributed by atoms with Crippen LogP contribution in [0.2, 0.25) is 0 Å². The van der Waals surface area contributed by atoms with E-state index in [0.717, 1.165) is 55.7 Å². The van der Waals surface area contributed by atoms with Gasteiger partial charge in [-0.05, 0) is 42.3 Å². The molecule has 0 aliphatic carbocycles. The van der Waals surface area contributed by atoms with Gasteiger partial charge in [-0.3, -0.25) is 0 Å². The van der Waals surface area contributed by atoms with Crippen LogP contribution < -0.4 is 28.7 Å². The summed E-state index contributed by atoms with van der Waals surface area (Å²) in [5, 5.41) is 0. The fraction of sp³-hybridized carbons (Fsp3) is 0.364. The molecule has 0 bridgehead atoms. The van der Waals surface area contributed by atoms with Crippen LogP contribution in [0.1, 0.15) is 0 Å². The van der Waals surface area contributed by atoms with Crippen molar-refractivity contribution in [2.45, 2.75) is 0 Å². The molecule has 0 atom stereocenters. The first-order chi connectivity index (χ1) is 13.8. The van der Waals surface area contributed by atoms with E-state index in [0.29, 0.717) is 6.61 Å². The lowest BCUT2D eigenvalue weighted by molar-refractivity contribution is -0.893. The van der Waals surface area contributed by atoms with Gasteiger partial charge in [0.1, 0.15) is 24.7 Å². The molecule has 0 saturated carbocycles. The van der Waals surface area contributed by atoms with E-state index in [1.165, 1.54) is 10.6 Å². The van der Waals surface area contributed by atoms with E-state index >= 15 is 0 Å². The van der Waals surface area contributed by atoms with Gasteiger partial charge in [0.15, 0.2) is 11.5 Å². The summed E-state index contributed by atoms with van der Waals surface area (Å²) in [7, 11) is 1.69. The summed E-state index contributed by atoms with van der Waals surface area (Å²) in [4.78, 5) is 3.93. The summed E-state index contributed by atoms with van der Waals surface area (Å²) in [6.45, 7) is 5.75. The molecular weight excluding hydrogens is 356 g/mol. The monoisotopic (exact) mass is 381 g/mol. The van der Waals surface area contributed by atoms with E-state index in [4.69, 9.17) is 18.9 Å². The lowest BCUT2D eigenvalue weighted by Gasteiger charge is -2.32. The summed E-state index contributed by atoms with van der Waals surface area (Å²) >= 11 is 0. The highest BCUT2D eigenvalue weighted by Crippen LogP contribution is 2.34. The van der Waals surface area contributed by atoms with Crippen LogP contribution in [-0.4, -0.2) is 53.2 Å². The standard InChI is InChI=1S/C22H24N2O4/c1-25-19-6-4-18(5-7-19)24-13-11-23(12-14-24)10-2-3-15-26-20-8-9-21-22(16-20)28-17-27-21/h4-9,16H,10-15,17H2,1H3/p+1. The molecule has 0 amide bonds. The predicted octanol–water partition coefficient (Wildman–Crippen LogP) is 1.21. The highest BCUT2D eigenvalue weighted by molar-refractivity contribution is 5.49. The largest absolute Gasteiger partial charge is 0.497 e. The van der Waals surface area contributed by atoms with Crippen molar-refractivity contribution in [1.82, 2.24) is 0 Å². The van der Waals surface area contributed by atoms with Crippen molar-refractivity contribution in [3.63, 3.8) is 0 Å². The van der Waals surface area contributed by atoms with E-state index in [1.54, 1.807) is 7.11 Å². The first-order valence-corrected chi connectivity index (χ1v) is 9.52. The van der Waals surface area contributed by atoms with E-state index in [9.17, 15) is 0 Å². The topological polar surface area (TPSA) is 44.6 Å². The zero-order valence-electron chi connectivity index (χ0n) is 16.1. The van der Waals surface area contributed by atoms with Crippen LogP contribution in [0.3, 0.4) is 0 Å². The molecule has 146 valence electrons. The molecule has 4 rings (SSSR count). The summed E-state index contributed by atoms with van der Waals surface area (Å²) in [6, 6.07) is 13.8. The summed E-state index contributed by atoms with van der Waals surface area (Å²) in [5.74, 6) is 9.49. The highest BCUT2D eigenvalue weighted by atomic mass is 16.7. The molecular formula is C22H25N2O4+. The summed E-state index contributed by atoms with van der Waals surface area (Å²) < 4.78 is 21.5.